The number of methoxy groups -OCH3 is 1. The van der Waals surface area contributed by atoms with Crippen LogP contribution in [0, 0.1) is 0 Å². The lowest BCUT2D eigenvalue weighted by molar-refractivity contribution is -0.122. The Hall–Kier alpha value is -2.34. The normalized spacial score (nSPS) is 16.1. The van der Waals surface area contributed by atoms with Crippen molar-refractivity contribution < 1.29 is 9.53 Å². The second-order valence-electron chi connectivity index (χ2n) is 6.65. The summed E-state index contributed by atoms with van der Waals surface area (Å²) in [4.78, 5) is 25.6. The Balaban J connectivity index is 1.61. The van der Waals surface area contributed by atoms with Crippen molar-refractivity contribution in [2.45, 2.75) is 51.0 Å². The molecule has 0 saturated heterocycles. The van der Waals surface area contributed by atoms with E-state index in [4.69, 9.17) is 9.72 Å². The Labute approximate surface area is 154 Å². The summed E-state index contributed by atoms with van der Waals surface area (Å²) in [7, 11) is 1.70. The van der Waals surface area contributed by atoms with E-state index in [9.17, 15) is 4.79 Å². The summed E-state index contributed by atoms with van der Waals surface area (Å²) in [6, 6.07) is 3.86. The first-order valence-electron chi connectivity index (χ1n) is 9.32. The lowest BCUT2D eigenvalue weighted by Gasteiger charge is -2.25. The predicted molar refractivity (Wildman–Crippen MR) is 99.4 cm³/mol. The van der Waals surface area contributed by atoms with E-state index in [1.165, 1.54) is 0 Å². The molecular formula is C20H26N4O2. The Morgan fingerprint density at radius 1 is 1.31 bits per heavy atom. The number of aryl methyl sites for hydroxylation is 1. The molecule has 6 nitrogen and oxygen atoms in total. The van der Waals surface area contributed by atoms with Gasteiger partial charge >= 0.3 is 0 Å². The maximum absolute atomic E-state index is 12.3. The summed E-state index contributed by atoms with van der Waals surface area (Å²) in [5.74, 6) is 0.804. The smallest absolute Gasteiger partial charge is 0.220 e. The summed E-state index contributed by atoms with van der Waals surface area (Å²) in [5.41, 5.74) is 3.00. The molecule has 1 aliphatic rings. The van der Waals surface area contributed by atoms with Crippen LogP contribution in [0.5, 0.6) is 0 Å². The molecule has 2 heterocycles. The SMILES string of the molecule is COCCCCCC(=O)NC1CCCc2nc(-c3cccnc3)ncc21. The number of aromatic nitrogens is 3. The second kappa shape index (κ2) is 9.38. The minimum atomic E-state index is 0.0215. The largest absolute Gasteiger partial charge is 0.385 e. The average molecular weight is 354 g/mol. The number of nitrogens with zero attached hydrogens (tertiary/aromatic N) is 3. The van der Waals surface area contributed by atoms with Crippen molar-refractivity contribution in [3.8, 4) is 11.4 Å². The molecule has 1 N–H and O–H groups in total. The van der Waals surface area contributed by atoms with Crippen molar-refractivity contribution in [2.75, 3.05) is 13.7 Å². The van der Waals surface area contributed by atoms with Gasteiger partial charge in [0.05, 0.1) is 6.04 Å². The van der Waals surface area contributed by atoms with Crippen molar-refractivity contribution in [3.63, 3.8) is 0 Å². The van der Waals surface area contributed by atoms with Crippen LogP contribution in [-0.4, -0.2) is 34.6 Å². The molecular weight excluding hydrogens is 328 g/mol. The molecule has 2 aromatic rings. The molecule has 6 heteroatoms. The zero-order valence-electron chi connectivity index (χ0n) is 15.3. The van der Waals surface area contributed by atoms with Crippen molar-refractivity contribution in [1.29, 1.82) is 0 Å². The van der Waals surface area contributed by atoms with Crippen LogP contribution in [0.25, 0.3) is 11.4 Å². The molecule has 138 valence electrons. The van der Waals surface area contributed by atoms with E-state index in [0.29, 0.717) is 12.2 Å². The van der Waals surface area contributed by atoms with Gasteiger partial charge in [0.2, 0.25) is 5.91 Å². The van der Waals surface area contributed by atoms with Gasteiger partial charge in [-0.05, 0) is 44.2 Å². The Morgan fingerprint density at radius 3 is 3.04 bits per heavy atom. The van der Waals surface area contributed by atoms with E-state index >= 15 is 0 Å². The van der Waals surface area contributed by atoms with Crippen LogP contribution in [0.1, 0.15) is 55.8 Å². The van der Waals surface area contributed by atoms with Crippen molar-refractivity contribution in [1.82, 2.24) is 20.3 Å². The van der Waals surface area contributed by atoms with E-state index < -0.39 is 0 Å². The first-order valence-corrected chi connectivity index (χ1v) is 9.32. The maximum atomic E-state index is 12.3. The van der Waals surface area contributed by atoms with Gasteiger partial charge in [0.15, 0.2) is 5.82 Å². The van der Waals surface area contributed by atoms with Crippen molar-refractivity contribution >= 4 is 5.91 Å². The number of amides is 1. The van der Waals surface area contributed by atoms with Gasteiger partial charge < -0.3 is 10.1 Å². The van der Waals surface area contributed by atoms with E-state index in [2.05, 4.69) is 15.3 Å². The van der Waals surface area contributed by atoms with E-state index in [1.807, 2.05) is 18.3 Å². The number of fused-ring (bicyclic) bond motifs is 1. The van der Waals surface area contributed by atoms with E-state index in [-0.39, 0.29) is 11.9 Å². The minimum Gasteiger partial charge on any atom is -0.385 e. The summed E-state index contributed by atoms with van der Waals surface area (Å²) in [6.07, 6.45) is 11.7. The zero-order chi connectivity index (χ0) is 18.2. The third kappa shape index (κ3) is 4.85. The van der Waals surface area contributed by atoms with Crippen LogP contribution in [0.4, 0.5) is 0 Å². The average Bonchev–Trinajstić information content (AvgIpc) is 2.68. The molecule has 2 aromatic heterocycles. The van der Waals surface area contributed by atoms with Crippen LogP contribution >= 0.6 is 0 Å². The quantitative estimate of drug-likeness (QED) is 0.737. The highest BCUT2D eigenvalue weighted by Crippen LogP contribution is 2.29. The molecule has 0 spiro atoms. The van der Waals surface area contributed by atoms with Gasteiger partial charge in [-0.15, -0.1) is 0 Å². The number of carbonyl (C=O) groups is 1. The summed E-state index contributed by atoms with van der Waals surface area (Å²) in [6.45, 7) is 0.758. The molecule has 0 saturated carbocycles. The highest BCUT2D eigenvalue weighted by molar-refractivity contribution is 5.76. The topological polar surface area (TPSA) is 77.0 Å². The molecule has 26 heavy (non-hydrogen) atoms. The number of rotatable bonds is 8. The van der Waals surface area contributed by atoms with Crippen molar-refractivity contribution in [3.05, 3.63) is 42.0 Å². The molecule has 0 aromatic carbocycles. The molecule has 0 radical (unpaired) electrons. The number of pyridine rings is 1. The van der Waals surface area contributed by atoms with Crippen molar-refractivity contribution in [2.24, 2.45) is 0 Å². The number of ether oxygens (including phenoxy) is 1. The summed E-state index contributed by atoms with van der Waals surface area (Å²) in [5, 5.41) is 3.16. The van der Waals surface area contributed by atoms with Gasteiger partial charge in [-0.2, -0.15) is 0 Å². The molecule has 3 rings (SSSR count). The van der Waals surface area contributed by atoms with Gasteiger partial charge in [0.25, 0.3) is 0 Å². The second-order valence-corrected chi connectivity index (χ2v) is 6.65. The number of carbonyl (C=O) groups excluding carboxylic acids is 1. The predicted octanol–water partition coefficient (Wildman–Crippen LogP) is 3.24. The van der Waals surface area contributed by atoms with Crippen LogP contribution in [0.15, 0.2) is 30.7 Å². The van der Waals surface area contributed by atoms with E-state index in [1.54, 1.807) is 19.5 Å². The molecule has 0 bridgehead atoms. The van der Waals surface area contributed by atoms with Gasteiger partial charge in [-0.3, -0.25) is 9.78 Å². The lowest BCUT2D eigenvalue weighted by atomic mass is 9.92. The maximum Gasteiger partial charge on any atom is 0.220 e. The summed E-state index contributed by atoms with van der Waals surface area (Å²) < 4.78 is 5.03. The minimum absolute atomic E-state index is 0.0215. The number of nitrogens with one attached hydrogen (secondary N) is 1. The third-order valence-corrected chi connectivity index (χ3v) is 4.69. The van der Waals surface area contributed by atoms with Gasteiger partial charge in [-0.1, -0.05) is 6.42 Å². The van der Waals surface area contributed by atoms with Gasteiger partial charge in [-0.25, -0.2) is 9.97 Å². The fraction of sp³-hybridized carbons (Fsp3) is 0.500. The van der Waals surface area contributed by atoms with E-state index in [0.717, 1.165) is 62.0 Å². The molecule has 0 aliphatic heterocycles. The molecule has 1 unspecified atom stereocenters. The Bertz CT molecular complexity index is 721. The first kappa shape index (κ1) is 18.5. The zero-order valence-corrected chi connectivity index (χ0v) is 15.3. The third-order valence-electron chi connectivity index (χ3n) is 4.69. The number of hydrogen-bond acceptors (Lipinski definition) is 5. The fourth-order valence-electron chi connectivity index (χ4n) is 3.31. The molecule has 0 fully saturated rings. The molecule has 1 aliphatic carbocycles. The monoisotopic (exact) mass is 354 g/mol. The first-order chi connectivity index (χ1) is 12.8. The van der Waals surface area contributed by atoms with Gasteiger partial charge in [0.1, 0.15) is 0 Å². The fourth-order valence-corrected chi connectivity index (χ4v) is 3.31. The Kier molecular flexibility index (Phi) is 6.66. The number of hydrogen-bond donors (Lipinski definition) is 1. The molecule has 1 amide bonds. The van der Waals surface area contributed by atoms with Crippen LogP contribution in [0.3, 0.4) is 0 Å². The van der Waals surface area contributed by atoms with Crippen LogP contribution < -0.4 is 5.32 Å². The highest BCUT2D eigenvalue weighted by Gasteiger charge is 2.23. The van der Waals surface area contributed by atoms with Crippen LogP contribution in [-0.2, 0) is 16.0 Å². The van der Waals surface area contributed by atoms with Gasteiger partial charge in [0, 0.05) is 55.5 Å². The molecule has 1 atom stereocenters. The lowest BCUT2D eigenvalue weighted by Crippen LogP contribution is -2.31. The highest BCUT2D eigenvalue weighted by atomic mass is 16.5. The summed E-state index contributed by atoms with van der Waals surface area (Å²) >= 11 is 0. The number of unbranched alkanes of at least 4 members (excludes halogenated alkanes) is 2. The standard InChI is InChI=1S/C20H26N4O2/c1-26-12-4-2-3-10-19(25)23-17-8-5-9-18-16(17)14-22-20(24-18)15-7-6-11-21-13-15/h6-7,11,13-14,17H,2-5,8-10,12H2,1H3,(H,23,25). The Morgan fingerprint density at radius 2 is 2.23 bits per heavy atom. The van der Waals surface area contributed by atoms with Crippen LogP contribution in [0.2, 0.25) is 0 Å².